The van der Waals surface area contributed by atoms with Crippen LogP contribution >= 0.6 is 0 Å². The molecule has 0 aromatic heterocycles. The summed E-state index contributed by atoms with van der Waals surface area (Å²) in [6.07, 6.45) is 1.34. The minimum atomic E-state index is -4.02. The van der Waals surface area contributed by atoms with Crippen LogP contribution in [-0.2, 0) is 5.41 Å². The summed E-state index contributed by atoms with van der Waals surface area (Å²) in [6, 6.07) is 10.6. The van der Waals surface area contributed by atoms with Crippen molar-refractivity contribution in [2.45, 2.75) is 336 Å². The molecule has 0 spiro atoms. The molecule has 0 aliphatic heterocycles. The first-order valence-electron chi connectivity index (χ1n) is 29.0. The van der Waals surface area contributed by atoms with E-state index in [2.05, 4.69) is 188 Å². The van der Waals surface area contributed by atoms with Gasteiger partial charge in [0.25, 0.3) is 0 Å². The van der Waals surface area contributed by atoms with Crippen LogP contribution in [-0.4, -0.2) is 25.2 Å². The van der Waals surface area contributed by atoms with Crippen LogP contribution in [0.4, 0.5) is 43.9 Å². The predicted octanol–water partition coefficient (Wildman–Crippen LogP) is 27.5. The molecule has 0 saturated heterocycles. The van der Waals surface area contributed by atoms with Crippen LogP contribution in [0.5, 0.6) is 0 Å². The topological polar surface area (TPSA) is 0 Å². The lowest BCUT2D eigenvalue weighted by Gasteiger charge is -2.19. The van der Waals surface area contributed by atoms with Crippen molar-refractivity contribution in [3.8, 4) is 12.3 Å². The third kappa shape index (κ3) is 143. The van der Waals surface area contributed by atoms with E-state index in [0.717, 1.165) is 12.8 Å². The van der Waals surface area contributed by atoms with Crippen LogP contribution in [0.3, 0.4) is 0 Å². The predicted molar refractivity (Wildman–Crippen MR) is 336 cm³/mol. The van der Waals surface area contributed by atoms with Gasteiger partial charge in [0.05, 0.1) is 0 Å². The zero-order chi connectivity index (χ0) is 66.2. The van der Waals surface area contributed by atoms with Gasteiger partial charge in [0.2, 0.25) is 12.9 Å². The van der Waals surface area contributed by atoms with E-state index in [-0.39, 0.29) is 35.5 Å². The van der Waals surface area contributed by atoms with Gasteiger partial charge in [-0.05, 0) is 85.4 Å². The number of alkyl halides is 10. The SMILES string of the molecule is C#CCC(C)(C)C.C=CCC(C)(C)C.CC(C)(C)CC(F)(F)F.CC(C)(C)CC(F)F.CC(C)(C)CCC(F)(F)F.CC(C)(C)CCC(F)F.CC(C)(C)c1ccccc1.CCC(C)(C)C.CCC(C)(C)C.CCCC(C)(C)C. The molecule has 0 radical (unpaired) electrons. The van der Waals surface area contributed by atoms with E-state index in [4.69, 9.17) is 6.42 Å². The number of rotatable bonds is 6. The average molecular weight is 1150 g/mol. The summed E-state index contributed by atoms with van der Waals surface area (Å²) in [6.45, 7) is 71.7. The number of halogens is 10. The fourth-order valence-corrected chi connectivity index (χ4v) is 4.55. The highest BCUT2D eigenvalue weighted by Gasteiger charge is 2.33. The van der Waals surface area contributed by atoms with Gasteiger partial charge in [0.1, 0.15) is 0 Å². The maximum Gasteiger partial charge on any atom is 0.389 e. The summed E-state index contributed by atoms with van der Waals surface area (Å²) in [5, 5.41) is 0. The second-order valence-electron chi connectivity index (χ2n) is 32.4. The van der Waals surface area contributed by atoms with E-state index < -0.39 is 43.5 Å². The molecule has 0 aliphatic rings. The lowest BCUT2D eigenvalue weighted by Crippen LogP contribution is -2.18. The molecule has 0 N–H and O–H groups in total. The first-order valence-corrected chi connectivity index (χ1v) is 29.0. The maximum atomic E-state index is 11.6. The Balaban J connectivity index is -0.0000000990. The second kappa shape index (κ2) is 44.4. The third-order valence-corrected chi connectivity index (χ3v) is 9.92. The van der Waals surface area contributed by atoms with Gasteiger partial charge >= 0.3 is 12.4 Å². The van der Waals surface area contributed by atoms with Crippen molar-refractivity contribution in [1.29, 1.82) is 0 Å². The van der Waals surface area contributed by atoms with Crippen LogP contribution in [0.25, 0.3) is 0 Å². The van der Waals surface area contributed by atoms with Gasteiger partial charge in [-0.25, -0.2) is 17.6 Å². The van der Waals surface area contributed by atoms with Crippen LogP contribution in [0.2, 0.25) is 0 Å². The Morgan fingerprint density at radius 3 is 0.835 bits per heavy atom. The van der Waals surface area contributed by atoms with E-state index in [0.29, 0.717) is 38.9 Å². The molecular formula is C69H134F10. The Morgan fingerprint density at radius 1 is 0.430 bits per heavy atom. The highest BCUT2D eigenvalue weighted by Crippen LogP contribution is 2.32. The molecule has 79 heavy (non-hydrogen) atoms. The molecule has 1 aromatic rings. The number of benzene rings is 1. The van der Waals surface area contributed by atoms with Gasteiger partial charge in [-0.2, -0.15) is 26.3 Å². The maximum absolute atomic E-state index is 11.6. The van der Waals surface area contributed by atoms with Crippen molar-refractivity contribution in [1.82, 2.24) is 0 Å². The van der Waals surface area contributed by atoms with Gasteiger partial charge < -0.3 is 0 Å². The van der Waals surface area contributed by atoms with Gasteiger partial charge in [-0.3, -0.25) is 0 Å². The normalized spacial score (nSPS) is 12.4. The summed E-state index contributed by atoms with van der Waals surface area (Å²) in [7, 11) is 0. The highest BCUT2D eigenvalue weighted by molar-refractivity contribution is 5.22. The molecule has 0 nitrogen and oxygen atoms in total. The molecule has 1 aromatic carbocycles. The zero-order valence-electron chi connectivity index (χ0n) is 58.2. The third-order valence-electron chi connectivity index (χ3n) is 9.92. The number of terminal acetylenes is 1. The summed E-state index contributed by atoms with van der Waals surface area (Å²) >= 11 is 0. The standard InChI is InChI=1S/C10H14.C7H13F3.C7H14F2.C7H16.C7H14.C7H12.C6H11F3.C6H12F2.2C6H14/c1-10(2,3)9-7-5-4-6-8-9;1-6(2,3)4-5-7(8,9)10;1-7(2,3)5-4-6(8)9;3*1-5-6-7(2,3)4;1-5(2,3)4-6(7,8)9;1-6(2,3)4-5(7)8;2*1-5-6(2,3)4/h4-8H,1-3H3;4-5H2,1-3H3;6H,4-5H2,1-3H3;5-6H2,1-4H3;5H,1,6H2,2-4H3;1H,6H2,2-4H3;4H2,1-3H3;5H,4H2,1-3H3;2*5H2,1-4H3. The van der Waals surface area contributed by atoms with Crippen molar-refractivity contribution < 1.29 is 43.9 Å². The van der Waals surface area contributed by atoms with Gasteiger partial charge in [0, 0.05) is 32.1 Å². The summed E-state index contributed by atoms with van der Waals surface area (Å²) < 4.78 is 116. The van der Waals surface area contributed by atoms with E-state index >= 15 is 0 Å². The molecule has 480 valence electrons. The Hall–Kier alpha value is -2.18. The van der Waals surface area contributed by atoms with Crippen LogP contribution < -0.4 is 0 Å². The Kier molecular flexibility index (Phi) is 53.9. The molecule has 0 atom stereocenters. The Morgan fingerprint density at radius 2 is 0.772 bits per heavy atom. The molecule has 1 rings (SSSR count). The van der Waals surface area contributed by atoms with E-state index in [1.807, 2.05) is 26.8 Å². The smallest absolute Gasteiger partial charge is 0.211 e. The largest absolute Gasteiger partial charge is 0.389 e. The fraction of sp³-hybridized carbons (Fsp3) is 0.855. The van der Waals surface area contributed by atoms with E-state index in [1.54, 1.807) is 62.3 Å². The van der Waals surface area contributed by atoms with Crippen molar-refractivity contribution in [2.75, 3.05) is 0 Å². The van der Waals surface area contributed by atoms with Gasteiger partial charge in [-0.15, -0.1) is 18.9 Å². The lowest BCUT2D eigenvalue weighted by molar-refractivity contribution is -0.152. The van der Waals surface area contributed by atoms with Crippen molar-refractivity contribution >= 4 is 0 Å². The molecule has 0 fully saturated rings. The number of hydrogen-bond acceptors (Lipinski definition) is 0. The molecule has 0 heterocycles. The van der Waals surface area contributed by atoms with E-state index in [9.17, 15) is 43.9 Å². The van der Waals surface area contributed by atoms with Crippen molar-refractivity contribution in [3.05, 3.63) is 48.6 Å². The highest BCUT2D eigenvalue weighted by atomic mass is 19.4. The van der Waals surface area contributed by atoms with Crippen LogP contribution in [0, 0.1) is 61.1 Å². The van der Waals surface area contributed by atoms with Gasteiger partial charge in [-0.1, -0.05) is 284 Å². The molecule has 0 amide bonds. The van der Waals surface area contributed by atoms with Gasteiger partial charge in [0.15, 0.2) is 0 Å². The minimum Gasteiger partial charge on any atom is -0.211 e. The first kappa shape index (κ1) is 96.0. The summed E-state index contributed by atoms with van der Waals surface area (Å²) in [4.78, 5) is 0. The van der Waals surface area contributed by atoms with E-state index in [1.165, 1.54) is 31.2 Å². The lowest BCUT2D eigenvalue weighted by atomic mass is 9.87. The Bertz CT molecular complexity index is 1470. The molecule has 0 bridgehead atoms. The monoisotopic (exact) mass is 1150 g/mol. The van der Waals surface area contributed by atoms with Crippen molar-refractivity contribution in [2.24, 2.45) is 48.7 Å². The summed E-state index contributed by atoms with van der Waals surface area (Å²) in [5.74, 6) is 2.61. The number of hydrogen-bond donors (Lipinski definition) is 0. The minimum absolute atomic E-state index is 0.00694. The molecule has 0 aliphatic carbocycles. The molecule has 0 unspecified atom stereocenters. The van der Waals surface area contributed by atoms with Crippen LogP contribution in [0.15, 0.2) is 43.0 Å². The quantitative estimate of drug-likeness (QED) is 0.151. The number of allylic oxidation sites excluding steroid dienone is 1. The second-order valence-corrected chi connectivity index (χ2v) is 32.4. The fourth-order valence-electron chi connectivity index (χ4n) is 4.55. The average Bonchev–Trinajstić information content (AvgIpc) is 3.13. The van der Waals surface area contributed by atoms with Crippen LogP contribution in [0.1, 0.15) is 311 Å². The first-order chi connectivity index (χ1) is 34.2. The molecular weight excluding hydrogens is 1020 g/mol. The Labute approximate surface area is 487 Å². The summed E-state index contributed by atoms with van der Waals surface area (Å²) in [5.41, 5.74) is 3.04. The molecule has 0 saturated carbocycles. The molecule has 10 heteroatoms. The zero-order valence-corrected chi connectivity index (χ0v) is 58.2. The van der Waals surface area contributed by atoms with Crippen molar-refractivity contribution in [3.63, 3.8) is 0 Å².